The number of nitrogens with two attached hydrogens (primary N) is 1. The van der Waals surface area contributed by atoms with Crippen molar-refractivity contribution in [1.82, 2.24) is 0 Å². The highest BCUT2D eigenvalue weighted by Gasteiger charge is 2.19. The first-order valence-corrected chi connectivity index (χ1v) is 5.53. The van der Waals surface area contributed by atoms with Crippen molar-refractivity contribution in [2.75, 3.05) is 18.6 Å². The van der Waals surface area contributed by atoms with Crippen molar-refractivity contribution in [3.05, 3.63) is 0 Å². The Hall–Kier alpha value is -0.330. The van der Waals surface area contributed by atoms with Gasteiger partial charge in [-0.2, -0.15) is 0 Å². The summed E-state index contributed by atoms with van der Waals surface area (Å²) in [5.74, 6) is -1.05. The van der Waals surface area contributed by atoms with E-state index in [0.29, 0.717) is 0 Å². The Balaban J connectivity index is 0. The van der Waals surface area contributed by atoms with Crippen molar-refractivity contribution in [3.63, 3.8) is 0 Å². The first-order valence-electron chi connectivity index (χ1n) is 3.46. The van der Waals surface area contributed by atoms with Gasteiger partial charge in [-0.3, -0.25) is 4.79 Å². The van der Waals surface area contributed by atoms with Crippen LogP contribution in [0.1, 0.15) is 6.92 Å². The van der Waals surface area contributed by atoms with E-state index in [0.717, 1.165) is 6.26 Å². The molecule has 0 aliphatic rings. The van der Waals surface area contributed by atoms with E-state index in [1.165, 1.54) is 0 Å². The first-order chi connectivity index (χ1) is 5.37. The highest BCUT2D eigenvalue weighted by molar-refractivity contribution is 7.90. The number of carbonyl (C=O) groups is 1. The number of sulfone groups is 1. The van der Waals surface area contributed by atoms with Crippen LogP contribution in [0.4, 0.5) is 0 Å². The molecule has 0 aliphatic heterocycles. The zero-order valence-electron chi connectivity index (χ0n) is 7.52. The Morgan fingerprint density at radius 2 is 2.00 bits per heavy atom. The molecule has 0 spiro atoms. The predicted octanol–water partition coefficient (Wildman–Crippen LogP) is -0.657. The second-order valence-corrected chi connectivity index (χ2v) is 4.64. The van der Waals surface area contributed by atoms with E-state index in [4.69, 9.17) is 5.73 Å². The van der Waals surface area contributed by atoms with Gasteiger partial charge in [-0.1, -0.05) is 0 Å². The number of esters is 1. The number of rotatable bonds is 4. The molecule has 0 amide bonds. The largest absolute Gasteiger partial charge is 0.465 e. The molecule has 0 bridgehead atoms. The molecule has 0 heterocycles. The fourth-order valence-corrected chi connectivity index (χ4v) is 1.43. The van der Waals surface area contributed by atoms with Gasteiger partial charge in [0, 0.05) is 6.26 Å². The van der Waals surface area contributed by atoms with Gasteiger partial charge in [0.05, 0.1) is 12.4 Å². The van der Waals surface area contributed by atoms with Crippen LogP contribution in [0.5, 0.6) is 0 Å². The number of ether oxygens (including phenoxy) is 1. The predicted molar refractivity (Wildman–Crippen MR) is 51.6 cm³/mol. The molecule has 0 radical (unpaired) electrons. The molecular weight excluding hydrogens is 218 g/mol. The molecule has 5 nitrogen and oxygen atoms in total. The fraction of sp³-hybridized carbons (Fsp3) is 0.833. The lowest BCUT2D eigenvalue weighted by Gasteiger charge is -2.08. The summed E-state index contributed by atoms with van der Waals surface area (Å²) in [5.41, 5.74) is 5.24. The van der Waals surface area contributed by atoms with Crippen molar-refractivity contribution >= 4 is 28.2 Å². The first kappa shape index (κ1) is 15.2. The standard InChI is InChI=1S/C6H13NO4S.ClH/c1-3-11-6(8)5(7)4-12(2,9)10;/h5H,3-4,7H2,1-2H3;1H. The zero-order valence-corrected chi connectivity index (χ0v) is 9.15. The Labute approximate surface area is 84.0 Å². The zero-order chi connectivity index (χ0) is 9.78. The van der Waals surface area contributed by atoms with Crippen molar-refractivity contribution in [2.45, 2.75) is 13.0 Å². The smallest absolute Gasteiger partial charge is 0.323 e. The van der Waals surface area contributed by atoms with Crippen molar-refractivity contribution in [2.24, 2.45) is 5.73 Å². The minimum atomic E-state index is -3.21. The third kappa shape index (κ3) is 8.01. The third-order valence-electron chi connectivity index (χ3n) is 1.07. The van der Waals surface area contributed by atoms with Gasteiger partial charge in [0.2, 0.25) is 0 Å². The number of carbonyl (C=O) groups excluding carboxylic acids is 1. The summed E-state index contributed by atoms with van der Waals surface area (Å²) in [6.07, 6.45) is 1.02. The van der Waals surface area contributed by atoms with E-state index >= 15 is 0 Å². The molecule has 0 aliphatic carbocycles. The van der Waals surface area contributed by atoms with Crippen LogP contribution in [0.2, 0.25) is 0 Å². The highest BCUT2D eigenvalue weighted by atomic mass is 35.5. The van der Waals surface area contributed by atoms with Crippen molar-refractivity contribution < 1.29 is 17.9 Å². The molecule has 7 heteroatoms. The molecule has 0 aromatic rings. The van der Waals surface area contributed by atoms with Crippen LogP contribution in [0.15, 0.2) is 0 Å². The maximum Gasteiger partial charge on any atom is 0.323 e. The lowest BCUT2D eigenvalue weighted by atomic mass is 10.4. The molecule has 0 aromatic heterocycles. The fourth-order valence-electron chi connectivity index (χ4n) is 0.644. The number of halogens is 1. The van der Waals surface area contributed by atoms with Gasteiger partial charge in [-0.25, -0.2) is 8.42 Å². The number of hydrogen-bond acceptors (Lipinski definition) is 5. The second kappa shape index (κ2) is 6.17. The van der Waals surface area contributed by atoms with Crippen LogP contribution in [0.3, 0.4) is 0 Å². The topological polar surface area (TPSA) is 86.5 Å². The molecule has 1 atom stereocenters. The lowest BCUT2D eigenvalue weighted by molar-refractivity contribution is -0.144. The van der Waals surface area contributed by atoms with Gasteiger partial charge in [0.1, 0.15) is 15.9 Å². The Kier molecular flexibility index (Phi) is 7.20. The van der Waals surface area contributed by atoms with Crippen LogP contribution >= 0.6 is 12.4 Å². The normalized spacial score (nSPS) is 12.8. The maximum absolute atomic E-state index is 10.8. The van der Waals surface area contributed by atoms with E-state index in [2.05, 4.69) is 4.74 Å². The van der Waals surface area contributed by atoms with Crippen LogP contribution in [-0.4, -0.2) is 39.0 Å². The van der Waals surface area contributed by atoms with Gasteiger partial charge < -0.3 is 10.5 Å². The van der Waals surface area contributed by atoms with Crippen molar-refractivity contribution in [3.8, 4) is 0 Å². The molecule has 0 rings (SSSR count). The van der Waals surface area contributed by atoms with E-state index in [1.54, 1.807) is 6.92 Å². The average molecular weight is 232 g/mol. The van der Waals surface area contributed by atoms with Gasteiger partial charge in [0.25, 0.3) is 0 Å². The Bertz CT molecular complexity index is 251. The summed E-state index contributed by atoms with van der Waals surface area (Å²) in [5, 5.41) is 0. The van der Waals surface area contributed by atoms with Crippen LogP contribution in [-0.2, 0) is 19.4 Å². The van der Waals surface area contributed by atoms with Gasteiger partial charge >= 0.3 is 5.97 Å². The van der Waals surface area contributed by atoms with Gasteiger partial charge in [-0.15, -0.1) is 12.4 Å². The van der Waals surface area contributed by atoms with E-state index in [9.17, 15) is 13.2 Å². The van der Waals surface area contributed by atoms with E-state index in [-0.39, 0.29) is 24.8 Å². The Morgan fingerprint density at radius 1 is 1.54 bits per heavy atom. The third-order valence-corrected chi connectivity index (χ3v) is 2.04. The minimum Gasteiger partial charge on any atom is -0.465 e. The summed E-state index contributed by atoms with van der Waals surface area (Å²) in [6, 6.07) is -1.07. The molecule has 0 saturated carbocycles. The number of hydrogen-bond donors (Lipinski definition) is 1. The Morgan fingerprint density at radius 3 is 2.31 bits per heavy atom. The maximum atomic E-state index is 10.8. The van der Waals surface area contributed by atoms with E-state index < -0.39 is 21.8 Å². The highest BCUT2D eigenvalue weighted by Crippen LogP contribution is 1.91. The average Bonchev–Trinajstić information content (AvgIpc) is 1.84. The molecule has 0 saturated heterocycles. The molecule has 13 heavy (non-hydrogen) atoms. The molecule has 1 unspecified atom stereocenters. The minimum absolute atomic E-state index is 0. The quantitative estimate of drug-likeness (QED) is 0.650. The van der Waals surface area contributed by atoms with Crippen LogP contribution < -0.4 is 5.73 Å². The SMILES string of the molecule is CCOC(=O)C(N)CS(C)(=O)=O.Cl. The molecule has 0 fully saturated rings. The molecular formula is C6H14ClNO4S. The van der Waals surface area contributed by atoms with Crippen molar-refractivity contribution in [1.29, 1.82) is 0 Å². The second-order valence-electron chi connectivity index (χ2n) is 2.45. The summed E-state index contributed by atoms with van der Waals surface area (Å²) in [6.45, 7) is 1.83. The molecule has 2 N–H and O–H groups in total. The summed E-state index contributed by atoms with van der Waals surface area (Å²) in [4.78, 5) is 10.8. The summed E-state index contributed by atoms with van der Waals surface area (Å²) >= 11 is 0. The monoisotopic (exact) mass is 231 g/mol. The lowest BCUT2D eigenvalue weighted by Crippen LogP contribution is -2.38. The molecule has 0 aromatic carbocycles. The van der Waals surface area contributed by atoms with Crippen LogP contribution in [0, 0.1) is 0 Å². The van der Waals surface area contributed by atoms with E-state index in [1.807, 2.05) is 0 Å². The van der Waals surface area contributed by atoms with Gasteiger partial charge in [-0.05, 0) is 6.92 Å². The van der Waals surface area contributed by atoms with Crippen LogP contribution in [0.25, 0.3) is 0 Å². The molecule has 80 valence electrons. The summed E-state index contributed by atoms with van der Waals surface area (Å²) in [7, 11) is -3.21. The summed E-state index contributed by atoms with van der Waals surface area (Å²) < 4.78 is 25.8. The van der Waals surface area contributed by atoms with Gasteiger partial charge in [0.15, 0.2) is 0 Å².